The Morgan fingerprint density at radius 2 is 2.44 bits per heavy atom. The fraction of sp³-hybridized carbons (Fsp3) is 0.714. The molecule has 9 heavy (non-hydrogen) atoms. The molecule has 0 amide bonds. The number of nitrogens with zero attached hydrogens (tertiary/aromatic N) is 2. The Kier molecular flexibility index (Phi) is 1.98. The Morgan fingerprint density at radius 1 is 1.67 bits per heavy atom. The highest BCUT2D eigenvalue weighted by Gasteiger charge is 2.05. The Morgan fingerprint density at radius 3 is 3.22 bits per heavy atom. The van der Waals surface area contributed by atoms with Crippen LogP contribution in [-0.4, -0.2) is 11.9 Å². The summed E-state index contributed by atoms with van der Waals surface area (Å²) in [6.07, 6.45) is 4.15. The van der Waals surface area contributed by atoms with E-state index in [1.54, 1.807) is 0 Å². The van der Waals surface area contributed by atoms with Crippen LogP contribution in [0.25, 0.3) is 0 Å². The Hall–Kier alpha value is -0.660. The van der Waals surface area contributed by atoms with E-state index < -0.39 is 0 Å². The molecule has 1 rings (SSSR count). The summed E-state index contributed by atoms with van der Waals surface area (Å²) in [5.41, 5.74) is 1.16. The van der Waals surface area contributed by atoms with Crippen molar-refractivity contribution in [1.29, 1.82) is 0 Å². The fourth-order valence-electron chi connectivity index (χ4n) is 0.822. The molecule has 0 aromatic rings. The molecular weight excluding hydrogens is 112 g/mol. The third kappa shape index (κ3) is 1.63. The van der Waals surface area contributed by atoms with E-state index in [9.17, 15) is 0 Å². The van der Waals surface area contributed by atoms with Crippen molar-refractivity contribution in [2.24, 2.45) is 16.1 Å². The smallest absolute Gasteiger partial charge is 0.0403 e. The van der Waals surface area contributed by atoms with E-state index in [0.717, 1.165) is 12.1 Å². The second-order valence-corrected chi connectivity index (χ2v) is 2.52. The number of rotatable bonds is 0. The third-order valence-corrected chi connectivity index (χ3v) is 1.74. The lowest BCUT2D eigenvalue weighted by atomic mass is 10.0. The molecule has 2 nitrogen and oxygen atoms in total. The summed E-state index contributed by atoms with van der Waals surface area (Å²) in [4.78, 5) is 0. The van der Waals surface area contributed by atoms with Gasteiger partial charge in [-0.3, -0.25) is 0 Å². The highest BCUT2D eigenvalue weighted by atomic mass is 15.2. The predicted molar refractivity (Wildman–Crippen MR) is 40.0 cm³/mol. The maximum Gasteiger partial charge on any atom is 0.0403 e. The molecule has 0 saturated carbocycles. The van der Waals surface area contributed by atoms with E-state index in [1.165, 1.54) is 6.42 Å². The van der Waals surface area contributed by atoms with Gasteiger partial charge in [0, 0.05) is 11.9 Å². The van der Waals surface area contributed by atoms with Gasteiger partial charge < -0.3 is 0 Å². The molecule has 0 aromatic heterocycles. The highest BCUT2D eigenvalue weighted by molar-refractivity contribution is 5.85. The van der Waals surface area contributed by atoms with Gasteiger partial charge in [0.2, 0.25) is 0 Å². The van der Waals surface area contributed by atoms with Crippen LogP contribution in [-0.2, 0) is 0 Å². The van der Waals surface area contributed by atoms with Crippen molar-refractivity contribution in [2.45, 2.75) is 26.7 Å². The summed E-state index contributed by atoms with van der Waals surface area (Å²) in [6, 6.07) is 0. The van der Waals surface area contributed by atoms with Crippen LogP contribution in [0.5, 0.6) is 0 Å². The van der Waals surface area contributed by atoms with E-state index in [-0.39, 0.29) is 0 Å². The van der Waals surface area contributed by atoms with Crippen molar-refractivity contribution < 1.29 is 0 Å². The lowest BCUT2D eigenvalue weighted by Gasteiger charge is -2.03. The van der Waals surface area contributed by atoms with Gasteiger partial charge in [-0.05, 0) is 25.7 Å². The van der Waals surface area contributed by atoms with Crippen molar-refractivity contribution in [3.05, 3.63) is 0 Å². The van der Waals surface area contributed by atoms with Crippen molar-refractivity contribution >= 4 is 11.9 Å². The first-order chi connectivity index (χ1) is 4.30. The van der Waals surface area contributed by atoms with Crippen LogP contribution >= 0.6 is 0 Å². The molecule has 1 heterocycles. The molecule has 1 atom stereocenters. The molecule has 0 saturated heterocycles. The second-order valence-electron chi connectivity index (χ2n) is 2.52. The van der Waals surface area contributed by atoms with E-state index in [2.05, 4.69) is 17.1 Å². The maximum atomic E-state index is 3.99. The van der Waals surface area contributed by atoms with Crippen molar-refractivity contribution in [3.8, 4) is 0 Å². The zero-order chi connectivity index (χ0) is 6.69. The van der Waals surface area contributed by atoms with Gasteiger partial charge >= 0.3 is 0 Å². The summed E-state index contributed by atoms with van der Waals surface area (Å²) < 4.78 is 0. The molecule has 0 spiro atoms. The summed E-state index contributed by atoms with van der Waals surface area (Å²) in [5.74, 6) is 0.618. The molecule has 2 heteroatoms. The minimum absolute atomic E-state index is 0.618. The quantitative estimate of drug-likeness (QED) is 0.471. The van der Waals surface area contributed by atoms with Crippen LogP contribution in [0.2, 0.25) is 0 Å². The standard InChI is InChI=1S/C7H12N2/c1-6-4-3-5-8-9-7(6)2/h5-6H,3-4H2,1-2H3. The maximum absolute atomic E-state index is 3.99. The van der Waals surface area contributed by atoms with Gasteiger partial charge in [-0.15, -0.1) is 0 Å². The van der Waals surface area contributed by atoms with Gasteiger partial charge in [-0.25, -0.2) is 0 Å². The van der Waals surface area contributed by atoms with E-state index in [4.69, 9.17) is 0 Å². The van der Waals surface area contributed by atoms with E-state index >= 15 is 0 Å². The van der Waals surface area contributed by atoms with Gasteiger partial charge in [0.1, 0.15) is 0 Å². The average Bonchev–Trinajstić information content (AvgIpc) is 1.99. The first kappa shape index (κ1) is 6.46. The molecule has 0 fully saturated rings. The zero-order valence-electron chi connectivity index (χ0n) is 5.96. The van der Waals surface area contributed by atoms with Gasteiger partial charge in [0.15, 0.2) is 0 Å². The third-order valence-electron chi connectivity index (χ3n) is 1.74. The second kappa shape index (κ2) is 2.76. The minimum atomic E-state index is 0.618. The van der Waals surface area contributed by atoms with Crippen LogP contribution in [0.15, 0.2) is 10.2 Å². The van der Waals surface area contributed by atoms with Crippen LogP contribution < -0.4 is 0 Å². The van der Waals surface area contributed by atoms with Crippen LogP contribution in [0.4, 0.5) is 0 Å². The first-order valence-corrected chi connectivity index (χ1v) is 3.36. The minimum Gasteiger partial charge on any atom is -0.164 e. The van der Waals surface area contributed by atoms with Gasteiger partial charge in [0.05, 0.1) is 0 Å². The van der Waals surface area contributed by atoms with Gasteiger partial charge in [-0.2, -0.15) is 10.2 Å². The molecule has 0 bridgehead atoms. The van der Waals surface area contributed by atoms with Crippen molar-refractivity contribution in [2.75, 3.05) is 0 Å². The Labute approximate surface area is 55.7 Å². The van der Waals surface area contributed by atoms with Crippen LogP contribution in [0.3, 0.4) is 0 Å². The summed E-state index contributed by atoms with van der Waals surface area (Å²) in [6.45, 7) is 4.22. The summed E-state index contributed by atoms with van der Waals surface area (Å²) >= 11 is 0. The summed E-state index contributed by atoms with van der Waals surface area (Å²) in [5, 5.41) is 7.86. The fourth-order valence-corrected chi connectivity index (χ4v) is 0.822. The molecule has 0 N–H and O–H groups in total. The zero-order valence-corrected chi connectivity index (χ0v) is 5.96. The van der Waals surface area contributed by atoms with Crippen molar-refractivity contribution in [3.63, 3.8) is 0 Å². The predicted octanol–water partition coefficient (Wildman–Crippen LogP) is 1.86. The van der Waals surface area contributed by atoms with E-state index in [1.807, 2.05) is 13.1 Å². The first-order valence-electron chi connectivity index (χ1n) is 3.36. The molecule has 0 aliphatic carbocycles. The Bertz CT molecular complexity index is 147. The molecular formula is C7H12N2. The highest BCUT2D eigenvalue weighted by Crippen LogP contribution is 2.09. The van der Waals surface area contributed by atoms with Crippen LogP contribution in [0.1, 0.15) is 26.7 Å². The number of hydrogen-bond donors (Lipinski definition) is 0. The molecule has 1 aliphatic rings. The lowest BCUT2D eigenvalue weighted by Crippen LogP contribution is -2.04. The average molecular weight is 124 g/mol. The SMILES string of the molecule is CC1=NN=CCCC1C. The van der Waals surface area contributed by atoms with Crippen LogP contribution in [0, 0.1) is 5.92 Å². The molecule has 1 unspecified atom stereocenters. The molecule has 0 aromatic carbocycles. The molecule has 0 radical (unpaired) electrons. The topological polar surface area (TPSA) is 24.7 Å². The summed E-state index contributed by atoms with van der Waals surface area (Å²) in [7, 11) is 0. The van der Waals surface area contributed by atoms with Gasteiger partial charge in [0.25, 0.3) is 0 Å². The molecule has 1 aliphatic heterocycles. The van der Waals surface area contributed by atoms with Gasteiger partial charge in [-0.1, -0.05) is 6.92 Å². The monoisotopic (exact) mass is 124 g/mol. The molecule has 50 valence electrons. The number of hydrogen-bond acceptors (Lipinski definition) is 2. The Balaban J connectivity index is 2.63. The van der Waals surface area contributed by atoms with E-state index in [0.29, 0.717) is 5.92 Å². The largest absolute Gasteiger partial charge is 0.164 e. The normalized spacial score (nSPS) is 27.3. The lowest BCUT2D eigenvalue weighted by molar-refractivity contribution is 0.713. The van der Waals surface area contributed by atoms with Crippen molar-refractivity contribution in [1.82, 2.24) is 0 Å².